The molecule has 0 aromatic rings. The minimum absolute atomic E-state index is 0. The molecule has 0 rings (SSSR count). The van der Waals surface area contributed by atoms with E-state index in [1.165, 1.54) is 13.8 Å². The summed E-state index contributed by atoms with van der Waals surface area (Å²) in [7, 11) is 0. The van der Waals surface area contributed by atoms with E-state index >= 15 is 0 Å². The molecule has 0 fully saturated rings. The minimum atomic E-state index is -0.688. The fourth-order valence-corrected chi connectivity index (χ4v) is 0.467. The minimum Gasteiger partial charge on any atom is -0.852 e. The van der Waals surface area contributed by atoms with Gasteiger partial charge in [-0.1, -0.05) is 20.3 Å². The van der Waals surface area contributed by atoms with Crippen molar-refractivity contribution in [1.29, 1.82) is 0 Å². The molecule has 0 aliphatic heterocycles. The van der Waals surface area contributed by atoms with Crippen LogP contribution in [0.15, 0.2) is 0 Å². The smallest absolute Gasteiger partial charge is 0.852 e. The second kappa shape index (κ2) is 6.05. The van der Waals surface area contributed by atoms with Gasteiger partial charge in [-0.3, -0.25) is 0 Å². The summed E-state index contributed by atoms with van der Waals surface area (Å²) in [6.07, 6.45) is -1.13. The van der Waals surface area contributed by atoms with E-state index in [0.29, 0.717) is 0 Å². The summed E-state index contributed by atoms with van der Waals surface area (Å²) in [6.45, 7) is 3.02. The molecule has 44 valence electrons. The molecule has 0 amide bonds. The van der Waals surface area contributed by atoms with Gasteiger partial charge in [0.05, 0.1) is 0 Å². The van der Waals surface area contributed by atoms with Crippen molar-refractivity contribution in [1.82, 2.24) is 0 Å². The average molecular weight is 125 g/mol. The van der Waals surface area contributed by atoms with Gasteiger partial charge in [0.2, 0.25) is 0 Å². The van der Waals surface area contributed by atoms with Crippen molar-refractivity contribution in [2.45, 2.75) is 32.5 Å². The van der Waals surface area contributed by atoms with Gasteiger partial charge >= 0.3 is 29.6 Å². The molecule has 0 radical (unpaired) electrons. The SMILES string of the molecule is CC([O-])CC(C)[O-].[Na+]. The van der Waals surface area contributed by atoms with Crippen LogP contribution in [0.1, 0.15) is 20.3 Å². The van der Waals surface area contributed by atoms with Crippen LogP contribution in [0.2, 0.25) is 0 Å². The van der Waals surface area contributed by atoms with E-state index in [0.717, 1.165) is 0 Å². The summed E-state index contributed by atoms with van der Waals surface area (Å²) in [5, 5.41) is 20.3. The van der Waals surface area contributed by atoms with Gasteiger partial charge < -0.3 is 10.2 Å². The molecule has 0 bridgehead atoms. The monoisotopic (exact) mass is 125 g/mol. The Kier molecular flexibility index (Phi) is 8.83. The summed E-state index contributed by atoms with van der Waals surface area (Å²) in [4.78, 5) is 0. The fourth-order valence-electron chi connectivity index (χ4n) is 0.467. The van der Waals surface area contributed by atoms with Gasteiger partial charge in [0.25, 0.3) is 0 Å². The van der Waals surface area contributed by atoms with Crippen LogP contribution >= 0.6 is 0 Å². The van der Waals surface area contributed by atoms with Crippen molar-refractivity contribution in [2.24, 2.45) is 0 Å². The molecule has 0 spiro atoms. The molecule has 0 aromatic heterocycles. The van der Waals surface area contributed by atoms with Crippen molar-refractivity contribution >= 4 is 0 Å². The summed E-state index contributed by atoms with van der Waals surface area (Å²) < 4.78 is 0. The first-order chi connectivity index (χ1) is 3.13. The van der Waals surface area contributed by atoms with Crippen LogP contribution in [0.5, 0.6) is 0 Å². The molecule has 3 heteroatoms. The van der Waals surface area contributed by atoms with Gasteiger partial charge in [0.15, 0.2) is 0 Å². The topological polar surface area (TPSA) is 46.1 Å². The van der Waals surface area contributed by atoms with Gasteiger partial charge in [-0.15, -0.1) is 12.2 Å². The predicted octanol–water partition coefficient (Wildman–Crippen LogP) is -4.12. The first-order valence-electron chi connectivity index (χ1n) is 2.44. The van der Waals surface area contributed by atoms with E-state index in [1.807, 2.05) is 0 Å². The van der Waals surface area contributed by atoms with Gasteiger partial charge in [0, 0.05) is 0 Å². The van der Waals surface area contributed by atoms with Crippen LogP contribution in [-0.4, -0.2) is 12.2 Å². The second-order valence-corrected chi connectivity index (χ2v) is 1.86. The maximum absolute atomic E-state index is 10.1. The largest absolute Gasteiger partial charge is 1.00 e. The molecule has 0 N–H and O–H groups in total. The molecule has 0 saturated heterocycles. The summed E-state index contributed by atoms with van der Waals surface area (Å²) >= 11 is 0. The number of rotatable bonds is 2. The quantitative estimate of drug-likeness (QED) is 0.352. The zero-order valence-electron chi connectivity index (χ0n) is 5.68. The molecule has 8 heavy (non-hydrogen) atoms. The zero-order valence-corrected chi connectivity index (χ0v) is 7.68. The third-order valence-electron chi connectivity index (χ3n) is 0.664. The van der Waals surface area contributed by atoms with Crippen LogP contribution in [0.25, 0.3) is 0 Å². The molecule has 0 aliphatic rings. The van der Waals surface area contributed by atoms with Gasteiger partial charge in [-0.05, 0) is 0 Å². The van der Waals surface area contributed by atoms with E-state index in [4.69, 9.17) is 0 Å². The van der Waals surface area contributed by atoms with E-state index in [-0.39, 0.29) is 36.0 Å². The van der Waals surface area contributed by atoms with E-state index in [1.54, 1.807) is 0 Å². The van der Waals surface area contributed by atoms with Crippen LogP contribution < -0.4 is 39.8 Å². The van der Waals surface area contributed by atoms with E-state index in [2.05, 4.69) is 0 Å². The summed E-state index contributed by atoms with van der Waals surface area (Å²) in [6, 6.07) is 0. The third kappa shape index (κ3) is 10.0. The van der Waals surface area contributed by atoms with Gasteiger partial charge in [-0.2, -0.15) is 0 Å². The zero-order chi connectivity index (χ0) is 5.86. The Morgan fingerprint density at radius 2 is 1.38 bits per heavy atom. The molecular formula is C5H10NaO2-. The average Bonchev–Trinajstić information content (AvgIpc) is 1.27. The second-order valence-electron chi connectivity index (χ2n) is 1.86. The Balaban J connectivity index is 0. The Morgan fingerprint density at radius 3 is 1.38 bits per heavy atom. The van der Waals surface area contributed by atoms with Crippen molar-refractivity contribution in [2.75, 3.05) is 0 Å². The first kappa shape index (κ1) is 11.7. The predicted molar refractivity (Wildman–Crippen MR) is 23.5 cm³/mol. The first-order valence-corrected chi connectivity index (χ1v) is 2.44. The molecule has 2 atom stereocenters. The van der Waals surface area contributed by atoms with Gasteiger partial charge in [-0.25, -0.2) is 0 Å². The normalized spacial score (nSPS) is 16.5. The molecule has 0 heterocycles. The molecule has 2 unspecified atom stereocenters. The standard InChI is InChI=1S/C5H10O2.Na/c1-4(6)3-5(2)7;/h4-5H,3H2,1-2H3;/q-2;+1. The van der Waals surface area contributed by atoms with E-state index < -0.39 is 12.2 Å². The summed E-state index contributed by atoms with van der Waals surface area (Å²) in [5.41, 5.74) is 0. The Morgan fingerprint density at radius 1 is 1.12 bits per heavy atom. The van der Waals surface area contributed by atoms with Gasteiger partial charge in [0.1, 0.15) is 0 Å². The van der Waals surface area contributed by atoms with Crippen LogP contribution in [0.3, 0.4) is 0 Å². The molecule has 0 aliphatic carbocycles. The third-order valence-corrected chi connectivity index (χ3v) is 0.664. The summed E-state index contributed by atoms with van der Waals surface area (Å²) in [5.74, 6) is 0. The molecule has 0 saturated carbocycles. The Labute approximate surface area is 72.2 Å². The van der Waals surface area contributed by atoms with Crippen molar-refractivity contribution in [3.63, 3.8) is 0 Å². The maximum atomic E-state index is 10.1. The van der Waals surface area contributed by atoms with Crippen molar-refractivity contribution in [3.05, 3.63) is 0 Å². The molecular weight excluding hydrogens is 115 g/mol. The van der Waals surface area contributed by atoms with Crippen molar-refractivity contribution in [3.8, 4) is 0 Å². The molecule has 2 nitrogen and oxygen atoms in total. The maximum Gasteiger partial charge on any atom is 1.00 e. The van der Waals surface area contributed by atoms with Crippen LogP contribution in [-0.2, 0) is 0 Å². The Bertz CT molecular complexity index is 39.7. The number of hydrogen-bond donors (Lipinski definition) is 0. The number of hydrogen-bond acceptors (Lipinski definition) is 2. The molecule has 0 aromatic carbocycles. The van der Waals surface area contributed by atoms with Crippen LogP contribution in [0.4, 0.5) is 0 Å². The van der Waals surface area contributed by atoms with E-state index in [9.17, 15) is 10.2 Å². The van der Waals surface area contributed by atoms with Crippen LogP contribution in [0, 0.1) is 0 Å². The van der Waals surface area contributed by atoms with Crippen molar-refractivity contribution < 1.29 is 39.8 Å². The fraction of sp³-hybridized carbons (Fsp3) is 1.00. The Hall–Kier alpha value is 0.920.